The van der Waals surface area contributed by atoms with Gasteiger partial charge in [-0.2, -0.15) is 13.2 Å². The highest BCUT2D eigenvalue weighted by Gasteiger charge is 2.37. The van der Waals surface area contributed by atoms with Crippen molar-refractivity contribution in [2.45, 2.75) is 12.6 Å². The van der Waals surface area contributed by atoms with E-state index in [1.807, 2.05) is 0 Å². The Labute approximate surface area is 136 Å². The molecule has 4 nitrogen and oxygen atoms in total. The van der Waals surface area contributed by atoms with Crippen LogP contribution in [0.2, 0.25) is 5.02 Å². The van der Waals surface area contributed by atoms with E-state index < -0.39 is 30.0 Å². The monoisotopic (exact) mass is 394 g/mol. The van der Waals surface area contributed by atoms with Crippen LogP contribution in [0.1, 0.15) is 11.4 Å². The summed E-state index contributed by atoms with van der Waals surface area (Å²) < 4.78 is 38.7. The SMILES string of the molecule is O=C(O)Cc1nc(-c2cccc(Cl)c2)c(Br)nc1C(F)(F)F. The summed E-state index contributed by atoms with van der Waals surface area (Å²) in [5.74, 6) is -1.43. The average Bonchev–Trinajstić information content (AvgIpc) is 2.38. The van der Waals surface area contributed by atoms with Crippen LogP contribution in [0.4, 0.5) is 13.2 Å². The van der Waals surface area contributed by atoms with Crippen LogP contribution in [0.15, 0.2) is 28.9 Å². The lowest BCUT2D eigenvalue weighted by Gasteiger charge is -2.13. The zero-order valence-electron chi connectivity index (χ0n) is 10.7. The van der Waals surface area contributed by atoms with Gasteiger partial charge in [0, 0.05) is 10.6 Å². The number of carboxylic acids is 1. The number of benzene rings is 1. The molecule has 0 aliphatic rings. The van der Waals surface area contributed by atoms with E-state index in [1.54, 1.807) is 18.2 Å². The first-order chi connectivity index (χ1) is 10.2. The number of hydrogen-bond donors (Lipinski definition) is 1. The van der Waals surface area contributed by atoms with Crippen LogP contribution in [-0.2, 0) is 17.4 Å². The van der Waals surface area contributed by atoms with Gasteiger partial charge in [-0.3, -0.25) is 4.79 Å². The molecule has 116 valence electrons. The van der Waals surface area contributed by atoms with E-state index in [-0.39, 0.29) is 10.3 Å². The molecule has 0 aliphatic heterocycles. The molecule has 0 aliphatic carbocycles. The summed E-state index contributed by atoms with van der Waals surface area (Å²) in [6.07, 6.45) is -5.68. The molecule has 0 unspecified atom stereocenters. The lowest BCUT2D eigenvalue weighted by molar-refractivity contribution is -0.143. The Bertz CT molecular complexity index is 738. The van der Waals surface area contributed by atoms with Gasteiger partial charge in [-0.15, -0.1) is 0 Å². The summed E-state index contributed by atoms with van der Waals surface area (Å²) in [6, 6.07) is 6.27. The van der Waals surface area contributed by atoms with Gasteiger partial charge in [0.05, 0.1) is 12.1 Å². The van der Waals surface area contributed by atoms with Crippen molar-refractivity contribution in [3.63, 3.8) is 0 Å². The molecule has 9 heteroatoms. The normalized spacial score (nSPS) is 11.5. The van der Waals surface area contributed by atoms with Gasteiger partial charge in [-0.05, 0) is 28.1 Å². The van der Waals surface area contributed by atoms with Gasteiger partial charge in [0.2, 0.25) is 0 Å². The minimum atomic E-state index is -4.80. The Morgan fingerprint density at radius 2 is 2.00 bits per heavy atom. The quantitative estimate of drug-likeness (QED) is 0.846. The molecule has 0 spiro atoms. The lowest BCUT2D eigenvalue weighted by Crippen LogP contribution is -2.17. The van der Waals surface area contributed by atoms with Crippen molar-refractivity contribution in [3.8, 4) is 11.3 Å². The standard InChI is InChI=1S/C13H7BrClF3N2O2/c14-12-10(6-2-1-3-7(15)4-6)19-8(5-9(21)22)11(20-12)13(16,17)18/h1-4H,5H2,(H,21,22). The maximum atomic E-state index is 12.9. The molecule has 22 heavy (non-hydrogen) atoms. The summed E-state index contributed by atoms with van der Waals surface area (Å²) in [5, 5.41) is 9.13. The average molecular weight is 396 g/mol. The predicted octanol–water partition coefficient (Wildman–Crippen LogP) is 4.21. The van der Waals surface area contributed by atoms with Crippen LogP contribution >= 0.6 is 27.5 Å². The molecule has 0 atom stereocenters. The van der Waals surface area contributed by atoms with Gasteiger partial charge >= 0.3 is 12.1 Å². The van der Waals surface area contributed by atoms with E-state index in [4.69, 9.17) is 16.7 Å². The van der Waals surface area contributed by atoms with Crippen molar-refractivity contribution in [2.75, 3.05) is 0 Å². The van der Waals surface area contributed by atoms with Crippen molar-refractivity contribution in [3.05, 3.63) is 45.3 Å². The molecule has 1 heterocycles. The summed E-state index contributed by atoms with van der Waals surface area (Å²) in [5.41, 5.74) is -1.47. The van der Waals surface area contributed by atoms with Gasteiger partial charge in [0.25, 0.3) is 0 Å². The Morgan fingerprint density at radius 1 is 1.32 bits per heavy atom. The number of aromatic nitrogens is 2. The van der Waals surface area contributed by atoms with Crippen LogP contribution in [-0.4, -0.2) is 21.0 Å². The molecule has 1 aromatic carbocycles. The maximum Gasteiger partial charge on any atom is 0.435 e. The van der Waals surface area contributed by atoms with Crippen LogP contribution in [0, 0.1) is 0 Å². The van der Waals surface area contributed by atoms with E-state index in [0.717, 1.165) is 0 Å². The van der Waals surface area contributed by atoms with Crippen LogP contribution in [0.3, 0.4) is 0 Å². The second-order valence-corrected chi connectivity index (χ2v) is 5.42. The van der Waals surface area contributed by atoms with E-state index in [2.05, 4.69) is 25.9 Å². The summed E-state index contributed by atoms with van der Waals surface area (Å²) in [6.45, 7) is 0. The molecule has 0 fully saturated rings. The van der Waals surface area contributed by atoms with Gasteiger partial charge in [-0.1, -0.05) is 23.7 Å². The van der Waals surface area contributed by atoms with Crippen LogP contribution in [0.25, 0.3) is 11.3 Å². The maximum absolute atomic E-state index is 12.9. The summed E-state index contributed by atoms with van der Waals surface area (Å²) in [4.78, 5) is 18.0. The Hall–Kier alpha value is -1.67. The molecule has 0 amide bonds. The van der Waals surface area contributed by atoms with E-state index >= 15 is 0 Å². The van der Waals surface area contributed by atoms with Gasteiger partial charge in [-0.25, -0.2) is 9.97 Å². The number of hydrogen-bond acceptors (Lipinski definition) is 3. The van der Waals surface area contributed by atoms with Crippen molar-refractivity contribution < 1.29 is 23.1 Å². The highest BCUT2D eigenvalue weighted by atomic mass is 79.9. The number of nitrogens with zero attached hydrogens (tertiary/aromatic N) is 2. The third-order valence-electron chi connectivity index (χ3n) is 2.61. The molecular formula is C13H7BrClF3N2O2. The van der Waals surface area contributed by atoms with Crippen molar-refractivity contribution in [1.82, 2.24) is 9.97 Å². The van der Waals surface area contributed by atoms with Crippen LogP contribution in [0.5, 0.6) is 0 Å². The lowest BCUT2D eigenvalue weighted by atomic mass is 10.1. The number of halogens is 5. The van der Waals surface area contributed by atoms with Gasteiger partial charge < -0.3 is 5.11 Å². The zero-order chi connectivity index (χ0) is 16.5. The Kier molecular flexibility index (Phi) is 4.72. The number of carbonyl (C=O) groups is 1. The smallest absolute Gasteiger partial charge is 0.435 e. The first-order valence-electron chi connectivity index (χ1n) is 5.80. The second kappa shape index (κ2) is 6.21. The van der Waals surface area contributed by atoms with Crippen molar-refractivity contribution >= 4 is 33.5 Å². The molecule has 0 radical (unpaired) electrons. The fraction of sp³-hybridized carbons (Fsp3) is 0.154. The van der Waals surface area contributed by atoms with Crippen molar-refractivity contribution in [2.24, 2.45) is 0 Å². The molecule has 0 bridgehead atoms. The second-order valence-electron chi connectivity index (χ2n) is 4.24. The highest BCUT2D eigenvalue weighted by molar-refractivity contribution is 9.10. The Balaban J connectivity index is 2.65. The fourth-order valence-corrected chi connectivity index (χ4v) is 2.45. The number of aliphatic carboxylic acids is 1. The van der Waals surface area contributed by atoms with Crippen LogP contribution < -0.4 is 0 Å². The van der Waals surface area contributed by atoms with Gasteiger partial charge in [0.15, 0.2) is 5.69 Å². The minimum Gasteiger partial charge on any atom is -0.481 e. The van der Waals surface area contributed by atoms with E-state index in [1.165, 1.54) is 6.07 Å². The van der Waals surface area contributed by atoms with E-state index in [9.17, 15) is 18.0 Å². The van der Waals surface area contributed by atoms with E-state index in [0.29, 0.717) is 10.6 Å². The van der Waals surface area contributed by atoms with Gasteiger partial charge in [0.1, 0.15) is 10.3 Å². The Morgan fingerprint density at radius 3 is 2.55 bits per heavy atom. The third kappa shape index (κ3) is 3.75. The number of carboxylic acid groups (broad SMARTS) is 1. The molecule has 0 saturated carbocycles. The highest BCUT2D eigenvalue weighted by Crippen LogP contribution is 2.34. The topological polar surface area (TPSA) is 63.1 Å². The molecule has 2 aromatic rings. The van der Waals surface area contributed by atoms with Crippen molar-refractivity contribution in [1.29, 1.82) is 0 Å². The number of alkyl halides is 3. The summed E-state index contributed by atoms with van der Waals surface area (Å²) >= 11 is 8.77. The fourth-order valence-electron chi connectivity index (χ4n) is 1.76. The third-order valence-corrected chi connectivity index (χ3v) is 3.40. The summed E-state index contributed by atoms with van der Waals surface area (Å²) in [7, 11) is 0. The first kappa shape index (κ1) is 16.7. The largest absolute Gasteiger partial charge is 0.481 e. The predicted molar refractivity (Wildman–Crippen MR) is 76.5 cm³/mol. The molecule has 1 N–H and O–H groups in total. The first-order valence-corrected chi connectivity index (χ1v) is 6.97. The zero-order valence-corrected chi connectivity index (χ0v) is 13.0. The molecule has 2 rings (SSSR count). The molecular weight excluding hydrogens is 389 g/mol. The molecule has 1 aromatic heterocycles. The number of rotatable bonds is 3. The minimum absolute atomic E-state index is 0.0896. The molecule has 0 saturated heterocycles.